The van der Waals surface area contributed by atoms with Gasteiger partial charge < -0.3 is 9.64 Å². The van der Waals surface area contributed by atoms with Crippen LogP contribution < -0.4 is 0 Å². The zero-order valence-electron chi connectivity index (χ0n) is 13.7. The summed E-state index contributed by atoms with van der Waals surface area (Å²) < 4.78 is 7.78. The number of hydrogen-bond acceptors (Lipinski definition) is 5. The molecule has 6 nitrogen and oxygen atoms in total. The smallest absolute Gasteiger partial charge is 0.155 e. The molecule has 2 aromatic rings. The van der Waals surface area contributed by atoms with Crippen molar-refractivity contribution in [3.05, 3.63) is 30.2 Å². The highest BCUT2D eigenvalue weighted by atomic mass is 16.5. The van der Waals surface area contributed by atoms with Crippen molar-refractivity contribution in [1.29, 1.82) is 0 Å². The Balaban J connectivity index is 1.65. The van der Waals surface area contributed by atoms with E-state index in [1.807, 2.05) is 17.7 Å². The Morgan fingerprint density at radius 1 is 1.27 bits per heavy atom. The first-order valence-corrected chi connectivity index (χ1v) is 7.82. The fourth-order valence-electron chi connectivity index (χ4n) is 3.37. The molecular formula is C16H25N5O. The molecule has 0 amide bonds. The van der Waals surface area contributed by atoms with Gasteiger partial charge in [0.05, 0.1) is 11.3 Å². The van der Waals surface area contributed by atoms with Crippen molar-refractivity contribution in [2.75, 3.05) is 40.8 Å². The summed E-state index contributed by atoms with van der Waals surface area (Å²) >= 11 is 0. The summed E-state index contributed by atoms with van der Waals surface area (Å²) in [6, 6.07) is 6.16. The Morgan fingerprint density at radius 3 is 2.73 bits per heavy atom. The third kappa shape index (κ3) is 3.14. The number of aromatic nitrogens is 3. The van der Waals surface area contributed by atoms with Gasteiger partial charge in [-0.2, -0.15) is 5.10 Å². The van der Waals surface area contributed by atoms with Gasteiger partial charge in [-0.25, -0.2) is 9.50 Å². The Bertz CT molecular complexity index is 616. The number of likely N-dealkylation sites (N-methyl/N-ethyl adjacent to an activating group) is 1. The monoisotopic (exact) mass is 303 g/mol. The van der Waals surface area contributed by atoms with E-state index in [4.69, 9.17) is 4.74 Å². The molecule has 3 rings (SSSR count). The molecule has 0 bridgehead atoms. The van der Waals surface area contributed by atoms with Crippen molar-refractivity contribution >= 4 is 5.65 Å². The van der Waals surface area contributed by atoms with E-state index in [0.29, 0.717) is 0 Å². The Kier molecular flexibility index (Phi) is 4.42. The quantitative estimate of drug-likeness (QED) is 0.832. The molecule has 2 aromatic heterocycles. The summed E-state index contributed by atoms with van der Waals surface area (Å²) in [7, 11) is 6.06. The molecule has 1 fully saturated rings. The van der Waals surface area contributed by atoms with Crippen molar-refractivity contribution in [2.45, 2.75) is 25.0 Å². The lowest BCUT2D eigenvalue weighted by atomic mass is 9.90. The average Bonchev–Trinajstić information content (AvgIpc) is 2.98. The standard InChI is InChI=1S/C16H25N5O/c1-19(2)12-16(22-3)7-9-20(10-8-16)11-14-5-4-6-15-17-13-18-21(14)15/h4-6,13H,7-12H2,1-3H3. The van der Waals surface area contributed by atoms with Gasteiger partial charge in [-0.05, 0) is 39.1 Å². The minimum absolute atomic E-state index is 0.000730. The number of fused-ring (bicyclic) bond motifs is 1. The molecule has 0 N–H and O–H groups in total. The van der Waals surface area contributed by atoms with Crippen molar-refractivity contribution in [1.82, 2.24) is 24.4 Å². The molecule has 6 heteroatoms. The van der Waals surface area contributed by atoms with Gasteiger partial charge in [0, 0.05) is 33.3 Å². The third-order valence-corrected chi connectivity index (χ3v) is 4.57. The summed E-state index contributed by atoms with van der Waals surface area (Å²) in [5.74, 6) is 0. The summed E-state index contributed by atoms with van der Waals surface area (Å²) in [6.45, 7) is 3.98. The van der Waals surface area contributed by atoms with Gasteiger partial charge in [0.1, 0.15) is 6.33 Å². The molecule has 0 radical (unpaired) electrons. The number of ether oxygens (including phenoxy) is 1. The van der Waals surface area contributed by atoms with Gasteiger partial charge in [-0.1, -0.05) is 6.07 Å². The van der Waals surface area contributed by atoms with E-state index in [1.165, 1.54) is 5.69 Å². The van der Waals surface area contributed by atoms with Crippen LogP contribution in [0.3, 0.4) is 0 Å². The SMILES string of the molecule is COC1(CN(C)C)CCN(Cc2cccc3ncnn23)CC1. The number of piperidine rings is 1. The lowest BCUT2D eigenvalue weighted by Gasteiger charge is -2.42. The van der Waals surface area contributed by atoms with Crippen LogP contribution in [-0.2, 0) is 11.3 Å². The largest absolute Gasteiger partial charge is 0.377 e. The van der Waals surface area contributed by atoms with Gasteiger partial charge in [0.2, 0.25) is 0 Å². The molecule has 0 aromatic carbocycles. The van der Waals surface area contributed by atoms with Crippen LogP contribution in [0.5, 0.6) is 0 Å². The van der Waals surface area contributed by atoms with Gasteiger partial charge in [-0.3, -0.25) is 4.90 Å². The normalized spacial score (nSPS) is 19.1. The maximum Gasteiger partial charge on any atom is 0.155 e. The van der Waals surface area contributed by atoms with E-state index in [9.17, 15) is 0 Å². The molecule has 0 atom stereocenters. The fraction of sp³-hybridized carbons (Fsp3) is 0.625. The Hall–Kier alpha value is -1.50. The van der Waals surface area contributed by atoms with Crippen LogP contribution in [-0.4, -0.2) is 70.8 Å². The van der Waals surface area contributed by atoms with Gasteiger partial charge in [0.15, 0.2) is 5.65 Å². The lowest BCUT2D eigenvalue weighted by molar-refractivity contribution is -0.0714. The molecule has 1 aliphatic rings. The van der Waals surface area contributed by atoms with Crippen molar-refractivity contribution in [3.63, 3.8) is 0 Å². The molecule has 0 unspecified atom stereocenters. The highest BCUT2D eigenvalue weighted by Gasteiger charge is 2.35. The third-order valence-electron chi connectivity index (χ3n) is 4.57. The zero-order valence-corrected chi connectivity index (χ0v) is 13.7. The van der Waals surface area contributed by atoms with Crippen LogP contribution in [0.2, 0.25) is 0 Å². The number of rotatable bonds is 5. The predicted molar refractivity (Wildman–Crippen MR) is 85.8 cm³/mol. The van der Waals surface area contributed by atoms with Gasteiger partial charge >= 0.3 is 0 Å². The fourth-order valence-corrected chi connectivity index (χ4v) is 3.37. The maximum atomic E-state index is 5.85. The number of pyridine rings is 1. The van der Waals surface area contributed by atoms with Crippen molar-refractivity contribution in [2.24, 2.45) is 0 Å². The first-order chi connectivity index (χ1) is 10.6. The molecule has 120 valence electrons. The predicted octanol–water partition coefficient (Wildman–Crippen LogP) is 1.27. The van der Waals surface area contributed by atoms with Crippen LogP contribution >= 0.6 is 0 Å². The number of methoxy groups -OCH3 is 1. The minimum atomic E-state index is -0.000730. The number of nitrogens with zero attached hydrogens (tertiary/aromatic N) is 5. The summed E-state index contributed by atoms with van der Waals surface area (Å²) in [5, 5.41) is 4.32. The highest BCUT2D eigenvalue weighted by Crippen LogP contribution is 2.27. The number of likely N-dealkylation sites (tertiary alicyclic amines) is 1. The van der Waals surface area contributed by atoms with E-state index in [1.54, 1.807) is 6.33 Å². The molecule has 0 aliphatic carbocycles. The molecule has 22 heavy (non-hydrogen) atoms. The second-order valence-corrected chi connectivity index (χ2v) is 6.45. The summed E-state index contributed by atoms with van der Waals surface area (Å²) in [4.78, 5) is 8.94. The van der Waals surface area contributed by atoms with Crippen LogP contribution in [0.25, 0.3) is 5.65 Å². The second kappa shape index (κ2) is 6.32. The molecule has 0 saturated carbocycles. The maximum absolute atomic E-state index is 5.85. The molecule has 0 spiro atoms. The van der Waals surface area contributed by atoms with Crippen LogP contribution in [0.4, 0.5) is 0 Å². The lowest BCUT2D eigenvalue weighted by Crippen LogP contribution is -2.50. The van der Waals surface area contributed by atoms with Crippen LogP contribution in [0, 0.1) is 0 Å². The Labute approximate surface area is 131 Å². The summed E-state index contributed by atoms with van der Waals surface area (Å²) in [5.41, 5.74) is 2.10. The molecule has 3 heterocycles. The zero-order chi connectivity index (χ0) is 15.6. The Morgan fingerprint density at radius 2 is 2.05 bits per heavy atom. The topological polar surface area (TPSA) is 45.9 Å². The first-order valence-electron chi connectivity index (χ1n) is 7.82. The van der Waals surface area contributed by atoms with Crippen molar-refractivity contribution < 1.29 is 4.74 Å². The van der Waals surface area contributed by atoms with Gasteiger partial charge in [-0.15, -0.1) is 0 Å². The van der Waals surface area contributed by atoms with E-state index in [-0.39, 0.29) is 5.60 Å². The van der Waals surface area contributed by atoms with Crippen LogP contribution in [0.1, 0.15) is 18.5 Å². The van der Waals surface area contributed by atoms with Crippen LogP contribution in [0.15, 0.2) is 24.5 Å². The molecule has 1 aliphatic heterocycles. The summed E-state index contributed by atoms with van der Waals surface area (Å²) in [6.07, 6.45) is 3.74. The van der Waals surface area contributed by atoms with Gasteiger partial charge in [0.25, 0.3) is 0 Å². The highest BCUT2D eigenvalue weighted by molar-refractivity contribution is 5.37. The number of hydrogen-bond donors (Lipinski definition) is 0. The molecular weight excluding hydrogens is 278 g/mol. The minimum Gasteiger partial charge on any atom is -0.377 e. The molecule has 1 saturated heterocycles. The van der Waals surface area contributed by atoms with E-state index in [0.717, 1.165) is 44.7 Å². The van der Waals surface area contributed by atoms with E-state index in [2.05, 4.69) is 46.1 Å². The van der Waals surface area contributed by atoms with E-state index >= 15 is 0 Å². The first kappa shape index (κ1) is 15.4. The van der Waals surface area contributed by atoms with Crippen molar-refractivity contribution in [3.8, 4) is 0 Å². The van der Waals surface area contributed by atoms with E-state index < -0.39 is 0 Å². The second-order valence-electron chi connectivity index (χ2n) is 6.45. The average molecular weight is 303 g/mol.